The third-order valence-corrected chi connectivity index (χ3v) is 6.08. The molecule has 1 heterocycles. The highest BCUT2D eigenvalue weighted by Gasteiger charge is 2.30. The second-order valence-electron chi connectivity index (χ2n) is 7.03. The molecule has 0 spiro atoms. The molecule has 0 aromatic carbocycles. The van der Waals surface area contributed by atoms with Crippen LogP contribution in [0.2, 0.25) is 0 Å². The molecular formula is C19H29NO3S. The topological polar surface area (TPSA) is 55.4 Å². The molecular weight excluding hydrogens is 322 g/mol. The predicted octanol–water partition coefficient (Wildman–Crippen LogP) is 4.96. The Hall–Kier alpha value is -1.36. The van der Waals surface area contributed by atoms with E-state index in [4.69, 9.17) is 4.74 Å². The Bertz CT molecular complexity index is 604. The van der Waals surface area contributed by atoms with Gasteiger partial charge in [0.25, 0.3) is 0 Å². The van der Waals surface area contributed by atoms with E-state index in [0.717, 1.165) is 37.7 Å². The molecule has 2 rings (SSSR count). The molecule has 0 saturated heterocycles. The molecule has 134 valence electrons. The van der Waals surface area contributed by atoms with Crippen LogP contribution in [0.5, 0.6) is 0 Å². The molecule has 0 bridgehead atoms. The van der Waals surface area contributed by atoms with Gasteiger partial charge in [-0.15, -0.1) is 11.3 Å². The minimum atomic E-state index is -0.454. The third kappa shape index (κ3) is 4.18. The number of rotatable bonds is 5. The van der Waals surface area contributed by atoms with Crippen LogP contribution in [0, 0.1) is 5.41 Å². The van der Waals surface area contributed by atoms with Crippen molar-refractivity contribution in [1.29, 1.82) is 0 Å². The van der Waals surface area contributed by atoms with Crippen molar-refractivity contribution in [2.45, 2.75) is 72.6 Å². The maximum Gasteiger partial charge on any atom is 0.341 e. The standard InChI is InChI=1S/C19H29NO3S/c1-5-19(3,4)18(22)20-16-15(17(21)23-6-2)13-11-9-7-8-10-12-14(13)24-16/h5-12H2,1-4H3,(H,20,22). The maximum atomic E-state index is 12.6. The number of hydrogen-bond acceptors (Lipinski definition) is 4. The summed E-state index contributed by atoms with van der Waals surface area (Å²) in [6.45, 7) is 8.01. The van der Waals surface area contributed by atoms with Crippen molar-refractivity contribution < 1.29 is 14.3 Å². The van der Waals surface area contributed by atoms with Gasteiger partial charge in [-0.3, -0.25) is 4.79 Å². The highest BCUT2D eigenvalue weighted by molar-refractivity contribution is 7.17. The quantitative estimate of drug-likeness (QED) is 0.763. The minimum absolute atomic E-state index is 0.0372. The zero-order valence-electron chi connectivity index (χ0n) is 15.3. The number of aryl methyl sites for hydroxylation is 1. The van der Waals surface area contributed by atoms with Crippen molar-refractivity contribution in [3.8, 4) is 0 Å². The number of esters is 1. The number of thiophene rings is 1. The first-order valence-electron chi connectivity index (χ1n) is 9.03. The average molecular weight is 352 g/mol. The summed E-state index contributed by atoms with van der Waals surface area (Å²) in [5.74, 6) is -0.343. The number of nitrogens with one attached hydrogen (secondary N) is 1. The average Bonchev–Trinajstić information content (AvgIpc) is 2.84. The molecule has 1 aromatic heterocycles. The third-order valence-electron chi connectivity index (χ3n) is 4.88. The monoisotopic (exact) mass is 351 g/mol. The summed E-state index contributed by atoms with van der Waals surface area (Å²) in [5.41, 5.74) is 1.24. The fraction of sp³-hybridized carbons (Fsp3) is 0.684. The van der Waals surface area contributed by atoms with Crippen molar-refractivity contribution in [2.24, 2.45) is 5.41 Å². The van der Waals surface area contributed by atoms with E-state index >= 15 is 0 Å². The predicted molar refractivity (Wildman–Crippen MR) is 98.9 cm³/mol. The van der Waals surface area contributed by atoms with E-state index in [0.29, 0.717) is 17.2 Å². The molecule has 1 aromatic rings. The number of carbonyl (C=O) groups excluding carboxylic acids is 2. The lowest BCUT2D eigenvalue weighted by molar-refractivity contribution is -0.124. The van der Waals surface area contributed by atoms with Crippen LogP contribution in [0.25, 0.3) is 0 Å². The van der Waals surface area contributed by atoms with Crippen LogP contribution in [0.4, 0.5) is 5.00 Å². The first-order chi connectivity index (χ1) is 11.4. The molecule has 0 saturated carbocycles. The number of anilines is 1. The zero-order chi connectivity index (χ0) is 17.7. The van der Waals surface area contributed by atoms with Crippen LogP contribution in [0.15, 0.2) is 0 Å². The SMILES string of the molecule is CCOC(=O)c1c(NC(=O)C(C)(C)CC)sc2c1CCCCCC2. The lowest BCUT2D eigenvalue weighted by Crippen LogP contribution is -2.30. The Labute approximate surface area is 149 Å². The number of fused-ring (bicyclic) bond motifs is 1. The van der Waals surface area contributed by atoms with E-state index in [1.54, 1.807) is 11.3 Å². The molecule has 0 atom stereocenters. The van der Waals surface area contributed by atoms with Gasteiger partial charge < -0.3 is 10.1 Å². The van der Waals surface area contributed by atoms with Crippen LogP contribution in [-0.2, 0) is 22.4 Å². The van der Waals surface area contributed by atoms with E-state index in [9.17, 15) is 9.59 Å². The fourth-order valence-corrected chi connectivity index (χ4v) is 4.13. The van der Waals surface area contributed by atoms with Gasteiger partial charge in [0.2, 0.25) is 5.91 Å². The molecule has 1 aliphatic rings. The number of hydrogen-bond donors (Lipinski definition) is 1. The number of amides is 1. The van der Waals surface area contributed by atoms with Gasteiger partial charge in [0.05, 0.1) is 12.2 Å². The van der Waals surface area contributed by atoms with Gasteiger partial charge >= 0.3 is 5.97 Å². The van der Waals surface area contributed by atoms with Gasteiger partial charge in [-0.05, 0) is 44.6 Å². The minimum Gasteiger partial charge on any atom is -0.462 e. The Morgan fingerprint density at radius 1 is 1.12 bits per heavy atom. The summed E-state index contributed by atoms with van der Waals surface area (Å²) in [7, 11) is 0. The Morgan fingerprint density at radius 3 is 2.42 bits per heavy atom. The summed E-state index contributed by atoms with van der Waals surface area (Å²) in [4.78, 5) is 26.4. The van der Waals surface area contributed by atoms with Crippen molar-refractivity contribution in [2.75, 3.05) is 11.9 Å². The smallest absolute Gasteiger partial charge is 0.341 e. The lowest BCUT2D eigenvalue weighted by atomic mass is 9.89. The van der Waals surface area contributed by atoms with Gasteiger partial charge in [-0.1, -0.05) is 33.6 Å². The Kier molecular flexibility index (Phi) is 6.44. The molecule has 1 amide bonds. The van der Waals surface area contributed by atoms with E-state index < -0.39 is 5.41 Å². The summed E-state index contributed by atoms with van der Waals surface area (Å²) < 4.78 is 5.28. The fourth-order valence-electron chi connectivity index (χ4n) is 2.86. The summed E-state index contributed by atoms with van der Waals surface area (Å²) >= 11 is 1.56. The van der Waals surface area contributed by atoms with Crippen LogP contribution in [0.1, 0.15) is 80.6 Å². The van der Waals surface area contributed by atoms with E-state index in [1.807, 2.05) is 27.7 Å². The van der Waals surface area contributed by atoms with Crippen molar-refractivity contribution >= 4 is 28.2 Å². The second kappa shape index (κ2) is 8.15. The molecule has 5 heteroatoms. The Balaban J connectivity index is 2.40. The van der Waals surface area contributed by atoms with Gasteiger partial charge in [-0.25, -0.2) is 4.79 Å². The first-order valence-corrected chi connectivity index (χ1v) is 9.85. The molecule has 0 fully saturated rings. The summed E-state index contributed by atoms with van der Waals surface area (Å²) in [6.07, 6.45) is 7.29. The number of carbonyl (C=O) groups is 2. The lowest BCUT2D eigenvalue weighted by Gasteiger charge is -2.21. The van der Waals surface area contributed by atoms with Gasteiger partial charge in [0.1, 0.15) is 5.00 Å². The molecule has 0 aliphatic heterocycles. The molecule has 1 aliphatic carbocycles. The van der Waals surface area contributed by atoms with Crippen LogP contribution >= 0.6 is 11.3 Å². The van der Waals surface area contributed by atoms with E-state index in [1.165, 1.54) is 17.7 Å². The highest BCUT2D eigenvalue weighted by atomic mass is 32.1. The van der Waals surface area contributed by atoms with Gasteiger partial charge in [-0.2, -0.15) is 0 Å². The van der Waals surface area contributed by atoms with Crippen LogP contribution in [-0.4, -0.2) is 18.5 Å². The van der Waals surface area contributed by atoms with Crippen molar-refractivity contribution in [1.82, 2.24) is 0 Å². The van der Waals surface area contributed by atoms with Crippen LogP contribution < -0.4 is 5.32 Å². The Morgan fingerprint density at radius 2 is 1.79 bits per heavy atom. The number of ether oxygens (including phenoxy) is 1. The summed E-state index contributed by atoms with van der Waals surface area (Å²) in [5, 5.41) is 3.69. The molecule has 1 N–H and O–H groups in total. The van der Waals surface area contributed by atoms with Crippen LogP contribution in [0.3, 0.4) is 0 Å². The normalized spacial score (nSPS) is 15.2. The molecule has 24 heavy (non-hydrogen) atoms. The van der Waals surface area contributed by atoms with Gasteiger partial charge in [0.15, 0.2) is 0 Å². The van der Waals surface area contributed by atoms with E-state index in [2.05, 4.69) is 5.32 Å². The molecule has 4 nitrogen and oxygen atoms in total. The zero-order valence-corrected chi connectivity index (χ0v) is 16.1. The highest BCUT2D eigenvalue weighted by Crippen LogP contribution is 2.38. The maximum absolute atomic E-state index is 12.6. The van der Waals surface area contributed by atoms with Crippen molar-refractivity contribution in [3.63, 3.8) is 0 Å². The molecule has 0 radical (unpaired) electrons. The summed E-state index contributed by atoms with van der Waals surface area (Å²) in [6, 6.07) is 0. The second-order valence-corrected chi connectivity index (χ2v) is 8.14. The largest absolute Gasteiger partial charge is 0.462 e. The van der Waals surface area contributed by atoms with E-state index in [-0.39, 0.29) is 11.9 Å². The van der Waals surface area contributed by atoms with Crippen molar-refractivity contribution in [3.05, 3.63) is 16.0 Å². The first kappa shape index (κ1) is 19.0. The molecule has 0 unspecified atom stereocenters. The van der Waals surface area contributed by atoms with Gasteiger partial charge in [0, 0.05) is 10.3 Å².